The summed E-state index contributed by atoms with van der Waals surface area (Å²) >= 11 is 1.30. The van der Waals surface area contributed by atoms with Crippen molar-refractivity contribution in [2.45, 2.75) is 39.0 Å². The standard InChI is InChI=1S/C19H23NO5S/c1-5-24-15(22)8-10-26-18-16(19(23)25-6-2)14-11-12(3)7-9-20(14)17(18)13(4)21/h7,9,11H,5-6,8,10H2,1-4H3. The highest BCUT2D eigenvalue weighted by atomic mass is 32.2. The Hall–Kier alpha value is -2.28. The number of esters is 2. The first-order valence-corrected chi connectivity index (χ1v) is 9.50. The molecule has 2 heterocycles. The number of carbonyl (C=O) groups excluding carboxylic acids is 3. The number of carbonyl (C=O) groups is 3. The van der Waals surface area contributed by atoms with Crippen molar-refractivity contribution in [1.29, 1.82) is 0 Å². The van der Waals surface area contributed by atoms with Gasteiger partial charge in [0.1, 0.15) is 5.69 Å². The van der Waals surface area contributed by atoms with Crippen LogP contribution in [0.25, 0.3) is 5.52 Å². The summed E-state index contributed by atoms with van der Waals surface area (Å²) in [6.45, 7) is 7.44. The molecule has 0 saturated heterocycles. The highest BCUT2D eigenvalue weighted by molar-refractivity contribution is 7.99. The number of rotatable bonds is 8. The molecular weight excluding hydrogens is 354 g/mol. The Labute approximate surface area is 156 Å². The number of hydrogen-bond donors (Lipinski definition) is 0. The van der Waals surface area contributed by atoms with Gasteiger partial charge in [-0.1, -0.05) is 0 Å². The van der Waals surface area contributed by atoms with Crippen LogP contribution in [-0.2, 0) is 14.3 Å². The highest BCUT2D eigenvalue weighted by Crippen LogP contribution is 2.34. The van der Waals surface area contributed by atoms with Gasteiger partial charge < -0.3 is 13.9 Å². The Bertz CT molecular complexity index is 840. The van der Waals surface area contributed by atoms with E-state index in [-0.39, 0.29) is 24.8 Å². The van der Waals surface area contributed by atoms with Gasteiger partial charge in [0.05, 0.1) is 35.6 Å². The molecule has 26 heavy (non-hydrogen) atoms. The summed E-state index contributed by atoms with van der Waals surface area (Å²) in [5, 5.41) is 0. The molecule has 0 atom stereocenters. The Morgan fingerprint density at radius 1 is 1.15 bits per heavy atom. The van der Waals surface area contributed by atoms with E-state index in [1.807, 2.05) is 19.1 Å². The van der Waals surface area contributed by atoms with Gasteiger partial charge in [0, 0.05) is 18.9 Å². The smallest absolute Gasteiger partial charge is 0.341 e. The van der Waals surface area contributed by atoms with E-state index < -0.39 is 5.97 Å². The summed E-state index contributed by atoms with van der Waals surface area (Å²) in [6, 6.07) is 3.73. The summed E-state index contributed by atoms with van der Waals surface area (Å²) in [6.07, 6.45) is 1.98. The minimum absolute atomic E-state index is 0.155. The van der Waals surface area contributed by atoms with Crippen LogP contribution in [0.3, 0.4) is 0 Å². The van der Waals surface area contributed by atoms with E-state index in [9.17, 15) is 14.4 Å². The molecule has 0 aliphatic heterocycles. The van der Waals surface area contributed by atoms with Gasteiger partial charge in [-0.25, -0.2) is 4.79 Å². The number of ether oxygens (including phenoxy) is 2. The van der Waals surface area contributed by atoms with E-state index in [1.54, 1.807) is 24.4 Å². The molecule has 6 nitrogen and oxygen atoms in total. The van der Waals surface area contributed by atoms with E-state index in [0.717, 1.165) is 5.56 Å². The zero-order valence-electron chi connectivity index (χ0n) is 15.5. The van der Waals surface area contributed by atoms with Crippen LogP contribution >= 0.6 is 11.8 Å². The molecule has 0 fully saturated rings. The number of Topliss-reactive ketones (excluding diaryl/α,β-unsaturated/α-hetero) is 1. The molecule has 2 aromatic heterocycles. The first-order chi connectivity index (χ1) is 12.4. The molecule has 0 N–H and O–H groups in total. The maximum Gasteiger partial charge on any atom is 0.341 e. The van der Waals surface area contributed by atoms with Gasteiger partial charge in [-0.15, -0.1) is 11.8 Å². The number of aromatic nitrogens is 1. The van der Waals surface area contributed by atoms with Crippen molar-refractivity contribution in [2.24, 2.45) is 0 Å². The Balaban J connectivity index is 2.51. The summed E-state index contributed by atoms with van der Waals surface area (Å²) in [5.41, 5.74) is 2.40. The lowest BCUT2D eigenvalue weighted by atomic mass is 10.2. The summed E-state index contributed by atoms with van der Waals surface area (Å²) in [5.74, 6) is -0.525. The molecule has 0 aromatic carbocycles. The van der Waals surface area contributed by atoms with Crippen LogP contribution in [-0.4, -0.2) is 41.1 Å². The number of nitrogens with zero attached hydrogens (tertiary/aromatic N) is 1. The number of fused-ring (bicyclic) bond motifs is 1. The molecule has 140 valence electrons. The van der Waals surface area contributed by atoms with E-state index >= 15 is 0 Å². The molecule has 0 aliphatic carbocycles. The third-order valence-electron chi connectivity index (χ3n) is 3.72. The second-order valence-electron chi connectivity index (χ2n) is 5.69. The number of thioether (sulfide) groups is 1. The van der Waals surface area contributed by atoms with Crippen LogP contribution in [0.2, 0.25) is 0 Å². The molecule has 0 saturated carbocycles. The summed E-state index contributed by atoms with van der Waals surface area (Å²) in [7, 11) is 0. The molecule has 0 bridgehead atoms. The zero-order chi connectivity index (χ0) is 19.3. The van der Waals surface area contributed by atoms with Crippen LogP contribution < -0.4 is 0 Å². The second-order valence-corrected chi connectivity index (χ2v) is 6.80. The molecule has 2 rings (SSSR count). The van der Waals surface area contributed by atoms with E-state index in [4.69, 9.17) is 9.47 Å². The Morgan fingerprint density at radius 2 is 1.85 bits per heavy atom. The number of aryl methyl sites for hydroxylation is 1. The van der Waals surface area contributed by atoms with E-state index in [2.05, 4.69) is 0 Å². The molecule has 0 unspecified atom stereocenters. The minimum Gasteiger partial charge on any atom is -0.466 e. The maximum atomic E-state index is 12.6. The van der Waals surface area contributed by atoms with Crippen molar-refractivity contribution in [3.8, 4) is 0 Å². The Kier molecular flexibility index (Phi) is 6.85. The average molecular weight is 377 g/mol. The van der Waals surface area contributed by atoms with Gasteiger partial charge in [-0.3, -0.25) is 9.59 Å². The van der Waals surface area contributed by atoms with Gasteiger partial charge in [-0.2, -0.15) is 0 Å². The minimum atomic E-state index is -0.471. The Morgan fingerprint density at radius 3 is 2.46 bits per heavy atom. The number of pyridine rings is 1. The van der Waals surface area contributed by atoms with Gasteiger partial charge >= 0.3 is 11.9 Å². The predicted molar refractivity (Wildman–Crippen MR) is 100 cm³/mol. The zero-order valence-corrected chi connectivity index (χ0v) is 16.3. The monoisotopic (exact) mass is 377 g/mol. The lowest BCUT2D eigenvalue weighted by molar-refractivity contribution is -0.142. The number of ketones is 1. The highest BCUT2D eigenvalue weighted by Gasteiger charge is 2.27. The maximum absolute atomic E-state index is 12.6. The fourth-order valence-corrected chi connectivity index (χ4v) is 3.86. The predicted octanol–water partition coefficient (Wildman–Crippen LogP) is 3.67. The van der Waals surface area contributed by atoms with E-state index in [0.29, 0.717) is 34.0 Å². The van der Waals surface area contributed by atoms with Crippen molar-refractivity contribution >= 4 is 35.0 Å². The van der Waals surface area contributed by atoms with Crippen molar-refractivity contribution in [3.05, 3.63) is 35.2 Å². The van der Waals surface area contributed by atoms with Crippen molar-refractivity contribution in [2.75, 3.05) is 19.0 Å². The fourth-order valence-electron chi connectivity index (χ4n) is 2.68. The molecular formula is C19H23NO5S. The topological polar surface area (TPSA) is 74.1 Å². The van der Waals surface area contributed by atoms with Gasteiger partial charge in [0.25, 0.3) is 0 Å². The van der Waals surface area contributed by atoms with Gasteiger partial charge in [0.2, 0.25) is 0 Å². The lowest BCUT2D eigenvalue weighted by Crippen LogP contribution is -2.07. The molecule has 0 aliphatic rings. The molecule has 7 heteroatoms. The van der Waals surface area contributed by atoms with Crippen LogP contribution in [0, 0.1) is 6.92 Å². The molecule has 2 aromatic rings. The first kappa shape index (κ1) is 20.0. The number of hydrogen-bond acceptors (Lipinski definition) is 6. The van der Waals surface area contributed by atoms with Crippen LogP contribution in [0.5, 0.6) is 0 Å². The quantitative estimate of drug-likeness (QED) is 0.397. The van der Waals surface area contributed by atoms with Crippen molar-refractivity contribution in [3.63, 3.8) is 0 Å². The lowest BCUT2D eigenvalue weighted by Gasteiger charge is -2.06. The molecule has 0 spiro atoms. The normalized spacial score (nSPS) is 10.8. The third kappa shape index (κ3) is 4.27. The van der Waals surface area contributed by atoms with Crippen molar-refractivity contribution in [1.82, 2.24) is 4.40 Å². The molecule has 0 amide bonds. The third-order valence-corrected chi connectivity index (χ3v) is 4.81. The molecule has 0 radical (unpaired) electrons. The average Bonchev–Trinajstić information content (AvgIpc) is 2.88. The van der Waals surface area contributed by atoms with Crippen LogP contribution in [0.1, 0.15) is 53.6 Å². The van der Waals surface area contributed by atoms with Crippen LogP contribution in [0.15, 0.2) is 23.2 Å². The van der Waals surface area contributed by atoms with E-state index in [1.165, 1.54) is 18.7 Å². The SMILES string of the molecule is CCOC(=O)CCSc1c(C(=O)OCC)c2cc(C)ccn2c1C(C)=O. The first-order valence-electron chi connectivity index (χ1n) is 8.51. The van der Waals surface area contributed by atoms with Crippen molar-refractivity contribution < 1.29 is 23.9 Å². The summed E-state index contributed by atoms with van der Waals surface area (Å²) < 4.78 is 11.9. The van der Waals surface area contributed by atoms with Gasteiger partial charge in [-0.05, 0) is 38.5 Å². The largest absolute Gasteiger partial charge is 0.466 e. The fraction of sp³-hybridized carbons (Fsp3) is 0.421. The second kappa shape index (κ2) is 8.89. The van der Waals surface area contributed by atoms with Crippen LogP contribution in [0.4, 0.5) is 0 Å². The summed E-state index contributed by atoms with van der Waals surface area (Å²) in [4.78, 5) is 37.0. The van der Waals surface area contributed by atoms with Gasteiger partial charge in [0.15, 0.2) is 5.78 Å².